The van der Waals surface area contributed by atoms with E-state index in [4.69, 9.17) is 11.6 Å². The average molecular weight is 261 g/mol. The van der Waals surface area contributed by atoms with E-state index in [9.17, 15) is 0 Å². The number of halogens is 1. The summed E-state index contributed by atoms with van der Waals surface area (Å²) in [4.78, 5) is 2.63. The summed E-state index contributed by atoms with van der Waals surface area (Å²) in [6, 6.07) is 15.1. The second-order valence-electron chi connectivity index (χ2n) is 4.42. The van der Waals surface area contributed by atoms with Crippen molar-refractivity contribution in [3.8, 4) is 0 Å². The predicted octanol–water partition coefficient (Wildman–Crippen LogP) is 4.98. The van der Waals surface area contributed by atoms with Crippen LogP contribution in [0.5, 0.6) is 0 Å². The van der Waals surface area contributed by atoms with E-state index in [0.717, 1.165) is 6.42 Å². The van der Waals surface area contributed by atoms with Crippen LogP contribution in [0, 0.1) is 6.92 Å². The van der Waals surface area contributed by atoms with Crippen molar-refractivity contribution in [2.75, 3.05) is 0 Å². The van der Waals surface area contributed by atoms with Gasteiger partial charge < -0.3 is 0 Å². The number of aryl methyl sites for hydroxylation is 1. The van der Waals surface area contributed by atoms with Crippen molar-refractivity contribution in [3.63, 3.8) is 0 Å². The van der Waals surface area contributed by atoms with Crippen molar-refractivity contribution in [2.45, 2.75) is 28.5 Å². The van der Waals surface area contributed by atoms with Crippen molar-refractivity contribution in [1.29, 1.82) is 0 Å². The molecule has 86 valence electrons. The van der Waals surface area contributed by atoms with Gasteiger partial charge in [0.25, 0.3) is 0 Å². The van der Waals surface area contributed by atoms with Crippen molar-refractivity contribution < 1.29 is 0 Å². The first-order chi connectivity index (χ1) is 8.24. The molecule has 0 N–H and O–H groups in total. The molecule has 17 heavy (non-hydrogen) atoms. The molecule has 2 aromatic rings. The number of fused-ring (bicyclic) bond motifs is 2. The molecule has 0 bridgehead atoms. The van der Waals surface area contributed by atoms with Crippen molar-refractivity contribution in [3.05, 3.63) is 59.2 Å². The van der Waals surface area contributed by atoms with E-state index < -0.39 is 0 Å². The first-order valence-electron chi connectivity index (χ1n) is 5.74. The molecule has 0 spiro atoms. The van der Waals surface area contributed by atoms with E-state index in [-0.39, 0.29) is 5.38 Å². The molecule has 0 saturated carbocycles. The van der Waals surface area contributed by atoms with Crippen molar-refractivity contribution in [1.82, 2.24) is 0 Å². The first-order valence-corrected chi connectivity index (χ1v) is 7.00. The molecule has 0 aliphatic carbocycles. The van der Waals surface area contributed by atoms with Gasteiger partial charge in [-0.1, -0.05) is 47.7 Å². The summed E-state index contributed by atoms with van der Waals surface area (Å²) in [7, 11) is 0. The molecule has 0 amide bonds. The van der Waals surface area contributed by atoms with Gasteiger partial charge in [-0.25, -0.2) is 0 Å². The van der Waals surface area contributed by atoms with Gasteiger partial charge in [-0.15, -0.1) is 11.6 Å². The molecule has 0 fully saturated rings. The van der Waals surface area contributed by atoms with Crippen LogP contribution < -0.4 is 0 Å². The van der Waals surface area contributed by atoms with E-state index in [1.54, 1.807) is 0 Å². The van der Waals surface area contributed by atoms with E-state index in [2.05, 4.69) is 49.4 Å². The highest BCUT2D eigenvalue weighted by atomic mass is 35.5. The molecule has 1 heterocycles. The summed E-state index contributed by atoms with van der Waals surface area (Å²) in [5, 5.41) is 0.0843. The van der Waals surface area contributed by atoms with Crippen LogP contribution in [0.3, 0.4) is 0 Å². The SMILES string of the molecule is Cc1ccc2c(c1)C(Cl)Cc1ccccc1S2. The minimum absolute atomic E-state index is 0.0843. The van der Waals surface area contributed by atoms with Gasteiger partial charge in [0.2, 0.25) is 0 Å². The van der Waals surface area contributed by atoms with Gasteiger partial charge in [-0.2, -0.15) is 0 Å². The maximum atomic E-state index is 6.54. The zero-order chi connectivity index (χ0) is 11.8. The molecule has 0 nitrogen and oxygen atoms in total. The largest absolute Gasteiger partial charge is 0.117 e. The van der Waals surface area contributed by atoms with Gasteiger partial charge in [0.15, 0.2) is 0 Å². The fourth-order valence-corrected chi connectivity index (χ4v) is 3.73. The topological polar surface area (TPSA) is 0 Å². The molecular formula is C15H13ClS. The van der Waals surface area contributed by atoms with Gasteiger partial charge in [0.05, 0.1) is 5.38 Å². The number of hydrogen-bond acceptors (Lipinski definition) is 1. The molecule has 0 saturated heterocycles. The Morgan fingerprint density at radius 3 is 2.82 bits per heavy atom. The molecule has 1 aliphatic rings. The fraction of sp³-hybridized carbons (Fsp3) is 0.200. The lowest BCUT2D eigenvalue weighted by atomic mass is 10.0. The second kappa shape index (κ2) is 4.40. The maximum absolute atomic E-state index is 6.54. The number of benzene rings is 2. The van der Waals surface area contributed by atoms with Crippen LogP contribution in [-0.2, 0) is 6.42 Å². The molecule has 1 atom stereocenters. The minimum atomic E-state index is 0.0843. The van der Waals surface area contributed by atoms with E-state index in [0.29, 0.717) is 0 Å². The second-order valence-corrected chi connectivity index (χ2v) is 6.03. The summed E-state index contributed by atoms with van der Waals surface area (Å²) < 4.78 is 0. The Kier molecular flexibility index (Phi) is 2.89. The number of alkyl halides is 1. The van der Waals surface area contributed by atoms with Crippen molar-refractivity contribution in [2.24, 2.45) is 0 Å². The lowest BCUT2D eigenvalue weighted by Crippen LogP contribution is -1.95. The predicted molar refractivity (Wildman–Crippen MR) is 74.0 cm³/mol. The Morgan fingerprint density at radius 1 is 1.12 bits per heavy atom. The van der Waals surface area contributed by atoms with Gasteiger partial charge >= 0.3 is 0 Å². The van der Waals surface area contributed by atoms with Crippen LogP contribution in [0.1, 0.15) is 22.1 Å². The van der Waals surface area contributed by atoms with Crippen LogP contribution in [0.2, 0.25) is 0 Å². The highest BCUT2D eigenvalue weighted by Gasteiger charge is 2.20. The van der Waals surface area contributed by atoms with Crippen LogP contribution in [0.4, 0.5) is 0 Å². The summed E-state index contributed by atoms with van der Waals surface area (Å²) in [5.74, 6) is 0. The van der Waals surface area contributed by atoms with E-state index in [1.807, 2.05) is 11.8 Å². The summed E-state index contributed by atoms with van der Waals surface area (Å²) >= 11 is 8.37. The molecule has 0 aromatic heterocycles. The van der Waals surface area contributed by atoms with Crippen LogP contribution in [-0.4, -0.2) is 0 Å². The molecular weight excluding hydrogens is 248 g/mol. The van der Waals surface area contributed by atoms with Crippen molar-refractivity contribution >= 4 is 23.4 Å². The molecule has 1 aliphatic heterocycles. The Hall–Kier alpha value is -0.920. The van der Waals surface area contributed by atoms with Crippen LogP contribution in [0.25, 0.3) is 0 Å². The number of rotatable bonds is 0. The van der Waals surface area contributed by atoms with Crippen LogP contribution >= 0.6 is 23.4 Å². The Bertz CT molecular complexity index is 563. The maximum Gasteiger partial charge on any atom is 0.0637 e. The monoisotopic (exact) mass is 260 g/mol. The Balaban J connectivity index is 2.14. The number of hydrogen-bond donors (Lipinski definition) is 0. The average Bonchev–Trinajstić information content (AvgIpc) is 2.46. The third-order valence-corrected chi connectivity index (χ3v) is 4.69. The van der Waals surface area contributed by atoms with Gasteiger partial charge in [-0.3, -0.25) is 0 Å². The van der Waals surface area contributed by atoms with Gasteiger partial charge in [-0.05, 0) is 36.6 Å². The zero-order valence-corrected chi connectivity index (χ0v) is 11.2. The summed E-state index contributed by atoms with van der Waals surface area (Å²) in [6.07, 6.45) is 0.918. The van der Waals surface area contributed by atoms with Gasteiger partial charge in [0, 0.05) is 9.79 Å². The quantitative estimate of drug-likeness (QED) is 0.602. The van der Waals surface area contributed by atoms with Crippen LogP contribution in [0.15, 0.2) is 52.3 Å². The lowest BCUT2D eigenvalue weighted by molar-refractivity contribution is 0.889. The third-order valence-electron chi connectivity index (χ3n) is 3.09. The Labute approximate surface area is 111 Å². The summed E-state index contributed by atoms with van der Waals surface area (Å²) in [6.45, 7) is 2.12. The lowest BCUT2D eigenvalue weighted by Gasteiger charge is -2.10. The molecule has 0 radical (unpaired) electrons. The zero-order valence-electron chi connectivity index (χ0n) is 9.61. The normalized spacial score (nSPS) is 18.1. The van der Waals surface area contributed by atoms with E-state index in [1.165, 1.54) is 26.5 Å². The standard InChI is InChI=1S/C15H13ClS/c1-10-6-7-15-12(8-10)13(16)9-11-4-2-3-5-14(11)17-15/h2-8,13H,9H2,1H3. The fourth-order valence-electron chi connectivity index (χ4n) is 2.20. The first kappa shape index (κ1) is 11.2. The minimum Gasteiger partial charge on any atom is -0.117 e. The van der Waals surface area contributed by atoms with E-state index >= 15 is 0 Å². The molecule has 3 rings (SSSR count). The third kappa shape index (κ3) is 2.10. The smallest absolute Gasteiger partial charge is 0.0637 e. The summed E-state index contributed by atoms with van der Waals surface area (Å²) in [5.41, 5.74) is 3.90. The molecule has 1 unspecified atom stereocenters. The highest BCUT2D eigenvalue weighted by Crippen LogP contribution is 2.43. The van der Waals surface area contributed by atoms with Gasteiger partial charge in [0.1, 0.15) is 0 Å². The Morgan fingerprint density at radius 2 is 1.94 bits per heavy atom. The molecule has 2 aromatic carbocycles. The highest BCUT2D eigenvalue weighted by molar-refractivity contribution is 7.99. The molecule has 2 heteroatoms.